The lowest BCUT2D eigenvalue weighted by atomic mass is 9.83. The average Bonchev–Trinajstić information content (AvgIpc) is 3.22. The Bertz CT molecular complexity index is 1700. The van der Waals surface area contributed by atoms with Crippen molar-refractivity contribution in [3.8, 4) is 11.5 Å². The van der Waals surface area contributed by atoms with Crippen molar-refractivity contribution in [3.63, 3.8) is 0 Å². The van der Waals surface area contributed by atoms with Gasteiger partial charge >= 0.3 is 0 Å². The summed E-state index contributed by atoms with van der Waals surface area (Å²) in [6.45, 7) is 0. The van der Waals surface area contributed by atoms with Crippen molar-refractivity contribution < 1.29 is 9.47 Å². The predicted molar refractivity (Wildman–Crippen MR) is 146 cm³/mol. The van der Waals surface area contributed by atoms with Crippen molar-refractivity contribution in [1.29, 1.82) is 0 Å². The van der Waals surface area contributed by atoms with Gasteiger partial charge in [-0.3, -0.25) is 9.36 Å². The SMILES string of the molecule is COc1ccc([C@@H]2C3=C(N=c4s/c(=C\c5ccc(Br)cc5)c(=O)n42)c2ccccc2CC3)cc1OC. The van der Waals surface area contributed by atoms with E-state index < -0.39 is 0 Å². The van der Waals surface area contributed by atoms with Crippen LogP contribution < -0.4 is 24.4 Å². The number of thiazole rings is 1. The van der Waals surface area contributed by atoms with Crippen LogP contribution >= 0.6 is 27.3 Å². The van der Waals surface area contributed by atoms with Gasteiger partial charge in [-0.1, -0.05) is 69.7 Å². The number of hydrogen-bond acceptors (Lipinski definition) is 5. The highest BCUT2D eigenvalue weighted by atomic mass is 79.9. The van der Waals surface area contributed by atoms with E-state index >= 15 is 0 Å². The minimum atomic E-state index is -0.267. The van der Waals surface area contributed by atoms with Crippen molar-refractivity contribution in [2.45, 2.75) is 18.9 Å². The molecule has 4 aromatic rings. The van der Waals surface area contributed by atoms with Crippen LogP contribution in [0.3, 0.4) is 0 Å². The molecule has 0 radical (unpaired) electrons. The number of methoxy groups -OCH3 is 2. The average molecular weight is 559 g/mol. The molecule has 0 fully saturated rings. The van der Waals surface area contributed by atoms with E-state index in [2.05, 4.69) is 40.2 Å². The first-order valence-corrected chi connectivity index (χ1v) is 13.3. The first-order valence-electron chi connectivity index (χ1n) is 11.7. The minimum Gasteiger partial charge on any atom is -0.493 e. The molecule has 180 valence electrons. The second-order valence-corrected chi connectivity index (χ2v) is 10.7. The molecule has 0 saturated heterocycles. The zero-order chi connectivity index (χ0) is 24.8. The van der Waals surface area contributed by atoms with E-state index in [0.717, 1.165) is 45.3 Å². The molecular weight excluding hydrogens is 536 g/mol. The zero-order valence-corrected chi connectivity index (χ0v) is 22.2. The monoisotopic (exact) mass is 558 g/mol. The van der Waals surface area contributed by atoms with Gasteiger partial charge in [0.15, 0.2) is 16.3 Å². The van der Waals surface area contributed by atoms with Crippen LogP contribution in [0.2, 0.25) is 0 Å². The van der Waals surface area contributed by atoms with Crippen LogP contribution in [-0.2, 0) is 6.42 Å². The van der Waals surface area contributed by atoms with Gasteiger partial charge in [0.25, 0.3) is 5.56 Å². The fourth-order valence-corrected chi connectivity index (χ4v) is 6.32. The van der Waals surface area contributed by atoms with E-state index in [1.807, 2.05) is 53.1 Å². The second kappa shape index (κ2) is 9.22. The molecule has 0 bridgehead atoms. The Hall–Kier alpha value is -3.42. The van der Waals surface area contributed by atoms with E-state index in [-0.39, 0.29) is 11.6 Å². The lowest BCUT2D eigenvalue weighted by molar-refractivity contribution is 0.354. The van der Waals surface area contributed by atoms with Crippen LogP contribution in [0.4, 0.5) is 0 Å². The maximum atomic E-state index is 13.9. The van der Waals surface area contributed by atoms with Crippen molar-refractivity contribution in [2.24, 2.45) is 4.99 Å². The Morgan fingerprint density at radius 3 is 2.56 bits per heavy atom. The third-order valence-electron chi connectivity index (χ3n) is 6.76. The number of benzene rings is 3. The van der Waals surface area contributed by atoms with Gasteiger partial charge in [-0.25, -0.2) is 4.99 Å². The molecule has 1 atom stereocenters. The number of nitrogens with zero attached hydrogens (tertiary/aromatic N) is 2. The number of fused-ring (bicyclic) bond motifs is 3. The molecular formula is C29H23BrN2O3S. The number of aryl methyl sites for hydroxylation is 1. The van der Waals surface area contributed by atoms with Crippen LogP contribution in [0.25, 0.3) is 11.8 Å². The molecule has 1 aromatic heterocycles. The number of halogens is 1. The van der Waals surface area contributed by atoms with Crippen LogP contribution in [0.15, 0.2) is 86.6 Å². The minimum absolute atomic E-state index is 0.0353. The number of allylic oxidation sites excluding steroid dienone is 1. The van der Waals surface area contributed by atoms with E-state index in [1.165, 1.54) is 16.9 Å². The Labute approximate surface area is 220 Å². The van der Waals surface area contributed by atoms with Gasteiger partial charge in [-0.05, 0) is 65.4 Å². The second-order valence-electron chi connectivity index (χ2n) is 8.78. The molecule has 2 aliphatic rings. The van der Waals surface area contributed by atoms with Crippen LogP contribution in [0, 0.1) is 0 Å². The molecule has 1 aliphatic carbocycles. The molecule has 1 aliphatic heterocycles. The molecule has 0 unspecified atom stereocenters. The molecule has 0 spiro atoms. The van der Waals surface area contributed by atoms with Crippen molar-refractivity contribution in [1.82, 2.24) is 4.57 Å². The Kier molecular flexibility index (Phi) is 5.90. The molecule has 0 amide bonds. The normalized spacial score (nSPS) is 16.6. The molecule has 7 heteroatoms. The highest BCUT2D eigenvalue weighted by molar-refractivity contribution is 9.10. The summed E-state index contributed by atoms with van der Waals surface area (Å²) in [6, 6.07) is 22.0. The molecule has 6 rings (SSSR count). The maximum Gasteiger partial charge on any atom is 0.271 e. The number of ether oxygens (including phenoxy) is 2. The van der Waals surface area contributed by atoms with Crippen molar-refractivity contribution >= 4 is 39.0 Å². The zero-order valence-electron chi connectivity index (χ0n) is 19.8. The summed E-state index contributed by atoms with van der Waals surface area (Å²) in [5.41, 5.74) is 6.49. The summed E-state index contributed by atoms with van der Waals surface area (Å²) < 4.78 is 14.6. The number of aromatic nitrogens is 1. The topological polar surface area (TPSA) is 52.8 Å². The van der Waals surface area contributed by atoms with Crippen molar-refractivity contribution in [2.75, 3.05) is 14.2 Å². The third-order valence-corrected chi connectivity index (χ3v) is 8.28. The Morgan fingerprint density at radius 1 is 1.00 bits per heavy atom. The fourth-order valence-electron chi connectivity index (χ4n) is 5.06. The quantitative estimate of drug-likeness (QED) is 0.350. The molecule has 5 nitrogen and oxygen atoms in total. The molecule has 3 aromatic carbocycles. The Balaban J connectivity index is 1.62. The first-order chi connectivity index (χ1) is 17.6. The molecule has 2 heterocycles. The van der Waals surface area contributed by atoms with E-state index in [0.29, 0.717) is 20.8 Å². The molecule has 0 saturated carbocycles. The summed E-state index contributed by atoms with van der Waals surface area (Å²) in [6.07, 6.45) is 3.70. The van der Waals surface area contributed by atoms with Gasteiger partial charge in [0.1, 0.15) is 0 Å². The lowest BCUT2D eigenvalue weighted by Crippen LogP contribution is -2.38. The summed E-state index contributed by atoms with van der Waals surface area (Å²) in [5, 5.41) is 0. The van der Waals surface area contributed by atoms with E-state index in [1.54, 1.807) is 14.2 Å². The van der Waals surface area contributed by atoms with Gasteiger partial charge in [-0.15, -0.1) is 0 Å². The largest absolute Gasteiger partial charge is 0.493 e. The molecule has 36 heavy (non-hydrogen) atoms. The van der Waals surface area contributed by atoms with Crippen LogP contribution in [0.1, 0.15) is 34.7 Å². The van der Waals surface area contributed by atoms with Crippen LogP contribution in [0.5, 0.6) is 11.5 Å². The Morgan fingerprint density at radius 2 is 1.78 bits per heavy atom. The van der Waals surface area contributed by atoms with E-state index in [9.17, 15) is 4.79 Å². The highest BCUT2D eigenvalue weighted by Gasteiger charge is 2.33. The standard InChI is InChI=1S/C29H23BrN2O3S/c1-34-23-14-10-19(16-24(23)35-2)27-22-13-9-18-5-3-4-6-21(18)26(22)31-29-32(27)28(33)25(36-29)15-17-7-11-20(30)12-8-17/h3-8,10-12,14-16,27H,9,13H2,1-2H3/b25-15-/t27-/m1/s1. The number of rotatable bonds is 4. The van der Waals surface area contributed by atoms with E-state index in [4.69, 9.17) is 14.5 Å². The first kappa shape index (κ1) is 23.0. The highest BCUT2D eigenvalue weighted by Crippen LogP contribution is 2.42. The van der Waals surface area contributed by atoms with Gasteiger partial charge in [0, 0.05) is 10.0 Å². The van der Waals surface area contributed by atoms with Crippen molar-refractivity contribution in [3.05, 3.63) is 119 Å². The predicted octanol–water partition coefficient (Wildman–Crippen LogP) is 5.10. The summed E-state index contributed by atoms with van der Waals surface area (Å²) in [5.74, 6) is 1.30. The van der Waals surface area contributed by atoms with Gasteiger partial charge in [-0.2, -0.15) is 0 Å². The lowest BCUT2D eigenvalue weighted by Gasteiger charge is -2.31. The summed E-state index contributed by atoms with van der Waals surface area (Å²) in [7, 11) is 3.26. The summed E-state index contributed by atoms with van der Waals surface area (Å²) in [4.78, 5) is 19.6. The van der Waals surface area contributed by atoms with Gasteiger partial charge in [0.05, 0.1) is 30.5 Å². The van der Waals surface area contributed by atoms with Crippen LogP contribution in [-0.4, -0.2) is 18.8 Å². The van der Waals surface area contributed by atoms with Gasteiger partial charge in [0.2, 0.25) is 0 Å². The summed E-state index contributed by atoms with van der Waals surface area (Å²) >= 11 is 4.91. The molecule has 0 N–H and O–H groups in total. The smallest absolute Gasteiger partial charge is 0.271 e. The maximum absolute atomic E-state index is 13.9. The van der Waals surface area contributed by atoms with Gasteiger partial charge < -0.3 is 9.47 Å². The third kappa shape index (κ3) is 3.83. The fraction of sp³-hybridized carbons (Fsp3) is 0.172. The number of hydrogen-bond donors (Lipinski definition) is 0.